The Hall–Kier alpha value is -3.27. The van der Waals surface area contributed by atoms with Crippen LogP contribution in [0.5, 0.6) is 0 Å². The van der Waals surface area contributed by atoms with Crippen LogP contribution in [0.2, 0.25) is 0 Å². The Bertz CT molecular complexity index is 1060. The zero-order valence-electron chi connectivity index (χ0n) is 18.7. The van der Waals surface area contributed by atoms with Crippen LogP contribution in [0.1, 0.15) is 37.3 Å². The lowest BCUT2D eigenvalue weighted by Gasteiger charge is -2.28. The molecule has 1 saturated carbocycles. The molecule has 10 heteroatoms. The normalized spacial score (nSPS) is 17.8. The number of morpholine rings is 1. The average molecular weight is 453 g/mol. The van der Waals surface area contributed by atoms with Gasteiger partial charge >= 0.3 is 0 Å². The van der Waals surface area contributed by atoms with E-state index in [9.17, 15) is 4.39 Å². The van der Waals surface area contributed by atoms with Crippen LogP contribution in [-0.4, -0.2) is 50.8 Å². The number of anilines is 4. The molecule has 0 spiro atoms. The number of ether oxygens (including phenoxy) is 1. The first-order chi connectivity index (χ1) is 16.1. The van der Waals surface area contributed by atoms with Crippen molar-refractivity contribution in [1.82, 2.24) is 24.5 Å². The fraction of sp³-hybridized carbons (Fsp3) is 0.478. The van der Waals surface area contributed by atoms with E-state index in [2.05, 4.69) is 30.5 Å². The van der Waals surface area contributed by atoms with Crippen LogP contribution < -0.4 is 15.5 Å². The molecule has 2 aromatic heterocycles. The Morgan fingerprint density at radius 1 is 1.03 bits per heavy atom. The number of hydrogen-bond acceptors (Lipinski definition) is 8. The van der Waals surface area contributed by atoms with Crippen LogP contribution in [0.3, 0.4) is 0 Å². The molecule has 2 aliphatic rings. The topological polar surface area (TPSA) is 93.0 Å². The van der Waals surface area contributed by atoms with Crippen molar-refractivity contribution in [2.24, 2.45) is 13.0 Å². The fourth-order valence-electron chi connectivity index (χ4n) is 4.56. The highest BCUT2D eigenvalue weighted by Crippen LogP contribution is 2.37. The van der Waals surface area contributed by atoms with Crippen LogP contribution in [0.25, 0.3) is 0 Å². The second-order valence-corrected chi connectivity index (χ2v) is 8.65. The summed E-state index contributed by atoms with van der Waals surface area (Å²) in [5.41, 5.74) is 1.04. The second kappa shape index (κ2) is 9.70. The largest absolute Gasteiger partial charge is 0.378 e. The highest BCUT2D eigenvalue weighted by atomic mass is 19.1. The predicted molar refractivity (Wildman–Crippen MR) is 124 cm³/mol. The smallest absolute Gasteiger partial charge is 0.235 e. The number of benzene rings is 1. The van der Waals surface area contributed by atoms with Crippen molar-refractivity contribution in [3.05, 3.63) is 48.2 Å². The number of aryl methyl sites for hydroxylation is 1. The monoisotopic (exact) mass is 452 g/mol. The number of nitrogens with zero attached hydrogens (tertiary/aromatic N) is 6. The van der Waals surface area contributed by atoms with E-state index in [0.29, 0.717) is 42.8 Å². The Kier molecular flexibility index (Phi) is 6.34. The molecule has 3 heterocycles. The van der Waals surface area contributed by atoms with E-state index in [-0.39, 0.29) is 11.9 Å². The van der Waals surface area contributed by atoms with Gasteiger partial charge in [-0.1, -0.05) is 25.0 Å². The summed E-state index contributed by atoms with van der Waals surface area (Å²) < 4.78 is 20.9. The minimum atomic E-state index is -0.236. The van der Waals surface area contributed by atoms with Gasteiger partial charge in [0.15, 0.2) is 5.82 Å². The molecule has 0 bridgehead atoms. The van der Waals surface area contributed by atoms with Crippen molar-refractivity contribution in [3.8, 4) is 0 Å². The Morgan fingerprint density at radius 3 is 2.45 bits per heavy atom. The van der Waals surface area contributed by atoms with Gasteiger partial charge in [0.2, 0.25) is 17.8 Å². The van der Waals surface area contributed by atoms with Crippen LogP contribution >= 0.6 is 0 Å². The van der Waals surface area contributed by atoms with Crippen LogP contribution in [0.15, 0.2) is 36.8 Å². The molecule has 0 radical (unpaired) electrons. The molecule has 1 saturated heterocycles. The summed E-state index contributed by atoms with van der Waals surface area (Å²) in [7, 11) is 1.91. The van der Waals surface area contributed by atoms with Crippen molar-refractivity contribution in [2.75, 3.05) is 41.8 Å². The maximum absolute atomic E-state index is 13.6. The number of aromatic nitrogens is 5. The van der Waals surface area contributed by atoms with Gasteiger partial charge in [-0.15, -0.1) is 0 Å². The molecule has 2 N–H and O–H groups in total. The van der Waals surface area contributed by atoms with Gasteiger partial charge < -0.3 is 24.8 Å². The third-order valence-corrected chi connectivity index (χ3v) is 6.25. The molecule has 174 valence electrons. The van der Waals surface area contributed by atoms with E-state index in [4.69, 9.17) is 9.72 Å². The highest BCUT2D eigenvalue weighted by molar-refractivity contribution is 5.52. The van der Waals surface area contributed by atoms with Crippen LogP contribution in [-0.2, 0) is 11.8 Å². The van der Waals surface area contributed by atoms with Crippen molar-refractivity contribution in [3.63, 3.8) is 0 Å². The molecule has 2 fully saturated rings. The molecular formula is C23H29FN8O. The maximum Gasteiger partial charge on any atom is 0.235 e. The summed E-state index contributed by atoms with van der Waals surface area (Å²) in [5.74, 6) is 2.38. The lowest BCUT2D eigenvalue weighted by Crippen LogP contribution is -2.37. The molecule has 1 aliphatic heterocycles. The van der Waals surface area contributed by atoms with Gasteiger partial charge in [0.1, 0.15) is 5.82 Å². The SMILES string of the molecule is Cn1cnc(Nc2nc(NC(c3ccc(F)cc3)C3CCCC3)nc(N3CCOCC3)n2)c1. The lowest BCUT2D eigenvalue weighted by molar-refractivity contribution is 0.122. The zero-order chi connectivity index (χ0) is 22.6. The summed E-state index contributed by atoms with van der Waals surface area (Å²) in [5, 5.41) is 6.75. The quantitative estimate of drug-likeness (QED) is 0.561. The van der Waals surface area contributed by atoms with Crippen LogP contribution in [0, 0.1) is 11.7 Å². The van der Waals surface area contributed by atoms with Crippen molar-refractivity contribution in [2.45, 2.75) is 31.7 Å². The standard InChI is InChI=1S/C23H29FN8O/c1-31-14-19(25-15-31)26-21-28-22(30-23(29-21)32-10-12-33-13-11-32)27-20(16-4-2-3-5-16)17-6-8-18(24)9-7-17/h6-9,14-16,20H,2-5,10-13H2,1H3,(H2,26,27,28,29,30). The van der Waals surface area contributed by atoms with E-state index in [0.717, 1.165) is 31.5 Å². The van der Waals surface area contributed by atoms with Gasteiger partial charge in [-0.05, 0) is 36.5 Å². The number of hydrogen-bond donors (Lipinski definition) is 2. The number of imidazole rings is 1. The molecule has 1 unspecified atom stereocenters. The minimum absolute atomic E-state index is 0.00394. The van der Waals surface area contributed by atoms with Gasteiger partial charge in [-0.2, -0.15) is 15.0 Å². The number of nitrogens with one attached hydrogen (secondary N) is 2. The summed E-state index contributed by atoms with van der Waals surface area (Å²) in [6, 6.07) is 6.72. The summed E-state index contributed by atoms with van der Waals surface area (Å²) in [6.07, 6.45) is 8.23. The fourth-order valence-corrected chi connectivity index (χ4v) is 4.56. The molecule has 1 aromatic carbocycles. The first-order valence-electron chi connectivity index (χ1n) is 11.5. The Labute approximate surface area is 192 Å². The third kappa shape index (κ3) is 5.22. The molecular weight excluding hydrogens is 423 g/mol. The van der Waals surface area contributed by atoms with Gasteiger partial charge in [-0.25, -0.2) is 9.37 Å². The molecule has 0 amide bonds. The van der Waals surface area contributed by atoms with Crippen molar-refractivity contribution < 1.29 is 9.13 Å². The van der Waals surface area contributed by atoms with Gasteiger partial charge in [0.25, 0.3) is 0 Å². The molecule has 33 heavy (non-hydrogen) atoms. The minimum Gasteiger partial charge on any atom is -0.378 e. The Balaban J connectivity index is 1.47. The third-order valence-electron chi connectivity index (χ3n) is 6.25. The molecule has 1 atom stereocenters. The van der Waals surface area contributed by atoms with E-state index in [1.165, 1.54) is 25.0 Å². The summed E-state index contributed by atoms with van der Waals surface area (Å²) in [6.45, 7) is 2.71. The molecule has 9 nitrogen and oxygen atoms in total. The lowest BCUT2D eigenvalue weighted by atomic mass is 9.92. The first-order valence-corrected chi connectivity index (χ1v) is 11.5. The van der Waals surface area contributed by atoms with E-state index in [1.54, 1.807) is 6.33 Å². The predicted octanol–water partition coefficient (Wildman–Crippen LogP) is 3.67. The first kappa shape index (κ1) is 21.6. The number of halogens is 1. The number of rotatable bonds is 7. The Morgan fingerprint density at radius 2 is 1.76 bits per heavy atom. The molecule has 3 aromatic rings. The van der Waals surface area contributed by atoms with E-state index < -0.39 is 0 Å². The molecule has 1 aliphatic carbocycles. The van der Waals surface area contributed by atoms with Gasteiger partial charge in [-0.3, -0.25) is 0 Å². The van der Waals surface area contributed by atoms with Crippen LogP contribution in [0.4, 0.5) is 28.1 Å². The van der Waals surface area contributed by atoms with E-state index in [1.807, 2.05) is 29.9 Å². The average Bonchev–Trinajstić information content (AvgIpc) is 3.51. The zero-order valence-corrected chi connectivity index (χ0v) is 18.7. The second-order valence-electron chi connectivity index (χ2n) is 8.65. The van der Waals surface area contributed by atoms with Crippen molar-refractivity contribution >= 4 is 23.7 Å². The van der Waals surface area contributed by atoms with E-state index >= 15 is 0 Å². The summed E-state index contributed by atoms with van der Waals surface area (Å²) >= 11 is 0. The van der Waals surface area contributed by atoms with Gasteiger partial charge in [0, 0.05) is 26.3 Å². The molecule has 5 rings (SSSR count). The summed E-state index contributed by atoms with van der Waals surface area (Å²) in [4.78, 5) is 20.5. The maximum atomic E-state index is 13.6. The van der Waals surface area contributed by atoms with Crippen molar-refractivity contribution in [1.29, 1.82) is 0 Å². The van der Waals surface area contributed by atoms with Gasteiger partial charge in [0.05, 0.1) is 25.6 Å². The highest BCUT2D eigenvalue weighted by Gasteiger charge is 2.28.